The van der Waals surface area contributed by atoms with Crippen LogP contribution >= 0.6 is 0 Å². The summed E-state index contributed by atoms with van der Waals surface area (Å²) in [7, 11) is 1.28. The Morgan fingerprint density at radius 1 is 1.24 bits per heavy atom. The summed E-state index contributed by atoms with van der Waals surface area (Å²) in [4.78, 5) is 19.1. The fourth-order valence-corrected chi connectivity index (χ4v) is 1.35. The fraction of sp³-hybridized carbons (Fsp3) is 0.0833. The molecule has 0 saturated carbocycles. The van der Waals surface area contributed by atoms with Crippen LogP contribution < -0.4 is 0 Å². The zero-order chi connectivity index (χ0) is 12.3. The van der Waals surface area contributed by atoms with E-state index in [0.717, 1.165) is 0 Å². The quantitative estimate of drug-likeness (QED) is 0.744. The number of benzene rings is 1. The van der Waals surface area contributed by atoms with Crippen LogP contribution in [0.15, 0.2) is 36.7 Å². The fourth-order valence-electron chi connectivity index (χ4n) is 1.35. The van der Waals surface area contributed by atoms with Crippen LogP contribution in [0.25, 0.3) is 11.3 Å². The molecule has 0 atom stereocenters. The molecule has 0 radical (unpaired) electrons. The molecule has 0 aliphatic heterocycles. The van der Waals surface area contributed by atoms with Crippen LogP contribution in [0.3, 0.4) is 0 Å². The lowest BCUT2D eigenvalue weighted by atomic mass is 10.1. The molecule has 0 amide bonds. The number of ether oxygens (including phenoxy) is 1. The average molecular weight is 232 g/mol. The van der Waals surface area contributed by atoms with Gasteiger partial charge in [-0.25, -0.2) is 19.2 Å². The first-order valence-electron chi connectivity index (χ1n) is 4.87. The second kappa shape index (κ2) is 4.69. The maximum absolute atomic E-state index is 12.8. The van der Waals surface area contributed by atoms with Crippen molar-refractivity contribution in [3.63, 3.8) is 0 Å². The maximum Gasteiger partial charge on any atom is 0.356 e. The van der Waals surface area contributed by atoms with E-state index in [9.17, 15) is 9.18 Å². The maximum atomic E-state index is 12.8. The Balaban J connectivity index is 2.39. The van der Waals surface area contributed by atoms with Crippen molar-refractivity contribution < 1.29 is 13.9 Å². The Labute approximate surface area is 97.1 Å². The molecule has 0 aliphatic rings. The molecule has 86 valence electrons. The van der Waals surface area contributed by atoms with Crippen LogP contribution in [0.2, 0.25) is 0 Å². The Morgan fingerprint density at radius 3 is 2.59 bits per heavy atom. The van der Waals surface area contributed by atoms with Crippen LogP contribution in [0.1, 0.15) is 10.5 Å². The van der Waals surface area contributed by atoms with Crippen LogP contribution in [-0.4, -0.2) is 23.0 Å². The molecule has 2 rings (SSSR count). The van der Waals surface area contributed by atoms with Crippen molar-refractivity contribution in [2.75, 3.05) is 7.11 Å². The second-order valence-electron chi connectivity index (χ2n) is 3.29. The molecule has 1 heterocycles. The van der Waals surface area contributed by atoms with Gasteiger partial charge in [-0.3, -0.25) is 0 Å². The first kappa shape index (κ1) is 11.2. The smallest absolute Gasteiger partial charge is 0.356 e. The third-order valence-corrected chi connectivity index (χ3v) is 2.20. The van der Waals surface area contributed by atoms with E-state index in [2.05, 4.69) is 14.7 Å². The van der Waals surface area contributed by atoms with Crippen molar-refractivity contribution in [2.24, 2.45) is 0 Å². The van der Waals surface area contributed by atoms with Crippen LogP contribution in [0.4, 0.5) is 4.39 Å². The third-order valence-electron chi connectivity index (χ3n) is 2.20. The summed E-state index contributed by atoms with van der Waals surface area (Å²) in [6, 6.07) is 7.32. The molecule has 0 fully saturated rings. The summed E-state index contributed by atoms with van der Waals surface area (Å²) < 4.78 is 17.3. The minimum Gasteiger partial charge on any atom is -0.464 e. The molecule has 0 bridgehead atoms. The van der Waals surface area contributed by atoms with Gasteiger partial charge in [-0.1, -0.05) is 0 Å². The third kappa shape index (κ3) is 2.44. The number of esters is 1. The van der Waals surface area contributed by atoms with Gasteiger partial charge in [0.15, 0.2) is 5.69 Å². The number of carbonyl (C=O) groups excluding carboxylic acids is 1. The molecule has 1 aromatic heterocycles. The van der Waals surface area contributed by atoms with Gasteiger partial charge in [0.2, 0.25) is 0 Å². The summed E-state index contributed by atoms with van der Waals surface area (Å²) in [5.41, 5.74) is 1.42. The summed E-state index contributed by atoms with van der Waals surface area (Å²) in [5.74, 6) is -0.855. The van der Waals surface area contributed by atoms with Gasteiger partial charge in [-0.15, -0.1) is 0 Å². The number of halogens is 1. The molecule has 0 unspecified atom stereocenters. The number of rotatable bonds is 2. The van der Waals surface area contributed by atoms with Crippen molar-refractivity contribution in [2.45, 2.75) is 0 Å². The van der Waals surface area contributed by atoms with E-state index in [1.165, 1.54) is 31.6 Å². The second-order valence-corrected chi connectivity index (χ2v) is 3.29. The van der Waals surface area contributed by atoms with Gasteiger partial charge < -0.3 is 4.74 Å². The normalized spacial score (nSPS) is 10.0. The van der Waals surface area contributed by atoms with Gasteiger partial charge in [0, 0.05) is 5.56 Å². The molecule has 0 N–H and O–H groups in total. The Morgan fingerprint density at radius 2 is 1.94 bits per heavy atom. The highest BCUT2D eigenvalue weighted by molar-refractivity contribution is 5.88. The highest BCUT2D eigenvalue weighted by Crippen LogP contribution is 2.17. The number of nitrogens with zero attached hydrogens (tertiary/aromatic N) is 2. The van der Waals surface area contributed by atoms with Gasteiger partial charge in [-0.2, -0.15) is 0 Å². The SMILES string of the molecule is COC(=O)c1cc(-c2ccc(F)cc2)ncn1. The average Bonchev–Trinajstić information content (AvgIpc) is 2.39. The van der Waals surface area contributed by atoms with Crippen LogP contribution in [0.5, 0.6) is 0 Å². The van der Waals surface area contributed by atoms with Gasteiger partial charge in [0.1, 0.15) is 12.1 Å². The minimum absolute atomic E-state index is 0.168. The summed E-state index contributed by atoms with van der Waals surface area (Å²) >= 11 is 0. The van der Waals surface area contributed by atoms with E-state index in [1.54, 1.807) is 12.1 Å². The van der Waals surface area contributed by atoms with Gasteiger partial charge in [0.05, 0.1) is 12.8 Å². The summed E-state index contributed by atoms with van der Waals surface area (Å²) in [6.07, 6.45) is 1.27. The summed E-state index contributed by atoms with van der Waals surface area (Å²) in [6.45, 7) is 0. The predicted octanol–water partition coefficient (Wildman–Crippen LogP) is 2.07. The lowest BCUT2D eigenvalue weighted by Crippen LogP contribution is -2.04. The molecular formula is C12H9FN2O2. The standard InChI is InChI=1S/C12H9FN2O2/c1-17-12(16)11-6-10(14-7-15-11)8-2-4-9(13)5-3-8/h2-7H,1H3. The number of aromatic nitrogens is 2. The van der Waals surface area contributed by atoms with E-state index in [4.69, 9.17) is 0 Å². The van der Waals surface area contributed by atoms with Crippen LogP contribution in [-0.2, 0) is 4.74 Å². The first-order chi connectivity index (χ1) is 8.20. The number of carbonyl (C=O) groups is 1. The lowest BCUT2D eigenvalue weighted by Gasteiger charge is -2.02. The molecular weight excluding hydrogens is 223 g/mol. The lowest BCUT2D eigenvalue weighted by molar-refractivity contribution is 0.0594. The molecule has 1 aromatic carbocycles. The zero-order valence-corrected chi connectivity index (χ0v) is 9.05. The summed E-state index contributed by atoms with van der Waals surface area (Å²) in [5, 5.41) is 0. The van der Waals surface area contributed by atoms with Gasteiger partial charge in [0.25, 0.3) is 0 Å². The first-order valence-corrected chi connectivity index (χ1v) is 4.87. The highest BCUT2D eigenvalue weighted by Gasteiger charge is 2.09. The Hall–Kier alpha value is -2.30. The highest BCUT2D eigenvalue weighted by atomic mass is 19.1. The number of hydrogen-bond donors (Lipinski definition) is 0. The molecule has 17 heavy (non-hydrogen) atoms. The van der Waals surface area contributed by atoms with Gasteiger partial charge in [-0.05, 0) is 30.3 Å². The largest absolute Gasteiger partial charge is 0.464 e. The van der Waals surface area contributed by atoms with E-state index in [0.29, 0.717) is 11.3 Å². The molecule has 0 aliphatic carbocycles. The Bertz CT molecular complexity index is 540. The molecule has 4 nitrogen and oxygen atoms in total. The van der Waals surface area contributed by atoms with Crippen molar-refractivity contribution in [1.82, 2.24) is 9.97 Å². The van der Waals surface area contributed by atoms with Crippen molar-refractivity contribution >= 4 is 5.97 Å². The number of methoxy groups -OCH3 is 1. The molecule has 0 saturated heterocycles. The van der Waals surface area contributed by atoms with Gasteiger partial charge >= 0.3 is 5.97 Å². The monoisotopic (exact) mass is 232 g/mol. The minimum atomic E-state index is -0.532. The van der Waals surface area contributed by atoms with Crippen molar-refractivity contribution in [1.29, 1.82) is 0 Å². The topological polar surface area (TPSA) is 52.1 Å². The van der Waals surface area contributed by atoms with Crippen LogP contribution in [0, 0.1) is 5.82 Å². The van der Waals surface area contributed by atoms with E-state index < -0.39 is 5.97 Å². The molecule has 5 heteroatoms. The molecule has 2 aromatic rings. The zero-order valence-electron chi connectivity index (χ0n) is 9.05. The van der Waals surface area contributed by atoms with E-state index >= 15 is 0 Å². The predicted molar refractivity (Wildman–Crippen MR) is 58.8 cm³/mol. The van der Waals surface area contributed by atoms with Crippen molar-refractivity contribution in [3.8, 4) is 11.3 Å². The van der Waals surface area contributed by atoms with E-state index in [1.807, 2.05) is 0 Å². The Kier molecular flexibility index (Phi) is 3.09. The molecule has 0 spiro atoms. The van der Waals surface area contributed by atoms with E-state index in [-0.39, 0.29) is 11.5 Å². The number of hydrogen-bond acceptors (Lipinski definition) is 4. The van der Waals surface area contributed by atoms with Crippen molar-refractivity contribution in [3.05, 3.63) is 48.2 Å².